The molecule has 0 atom stereocenters. The summed E-state index contributed by atoms with van der Waals surface area (Å²) < 4.78 is 4.97. The Hall–Kier alpha value is -2.84. The number of ether oxygens (including phenoxy) is 1. The van der Waals surface area contributed by atoms with Crippen molar-refractivity contribution in [2.75, 3.05) is 19.0 Å². The molecule has 21 heavy (non-hydrogen) atoms. The average molecular weight is 297 g/mol. The molecule has 9 nitrogen and oxygen atoms in total. The summed E-state index contributed by atoms with van der Waals surface area (Å²) in [6.07, 6.45) is 0.265. The summed E-state index contributed by atoms with van der Waals surface area (Å²) in [6.45, 7) is 0.202. The molecule has 0 saturated heterocycles. The van der Waals surface area contributed by atoms with Gasteiger partial charge in [-0.05, 0) is 12.5 Å². The molecule has 114 valence electrons. The fourth-order valence-corrected chi connectivity index (χ4v) is 1.50. The van der Waals surface area contributed by atoms with E-state index in [0.717, 1.165) is 0 Å². The van der Waals surface area contributed by atoms with Crippen molar-refractivity contribution in [2.45, 2.75) is 12.8 Å². The van der Waals surface area contributed by atoms with Gasteiger partial charge in [-0.1, -0.05) is 0 Å². The third-order valence-corrected chi connectivity index (χ3v) is 2.50. The van der Waals surface area contributed by atoms with Crippen LogP contribution >= 0.6 is 0 Å². The van der Waals surface area contributed by atoms with Crippen molar-refractivity contribution in [1.82, 2.24) is 5.32 Å². The molecule has 0 radical (unpaired) electrons. The van der Waals surface area contributed by atoms with E-state index in [1.54, 1.807) is 0 Å². The quantitative estimate of drug-likeness (QED) is 0.398. The minimum Gasteiger partial charge on any atom is -0.494 e. The molecule has 0 fully saturated rings. The van der Waals surface area contributed by atoms with Crippen molar-refractivity contribution in [3.8, 4) is 5.75 Å². The molecule has 0 aliphatic rings. The largest absolute Gasteiger partial charge is 0.494 e. The van der Waals surface area contributed by atoms with E-state index in [0.29, 0.717) is 6.42 Å². The number of rotatable bonds is 7. The average Bonchev–Trinajstić information content (AvgIpc) is 2.43. The van der Waals surface area contributed by atoms with E-state index >= 15 is 0 Å². The second-order valence-corrected chi connectivity index (χ2v) is 4.02. The monoisotopic (exact) mass is 297 g/mol. The predicted octanol–water partition coefficient (Wildman–Crippen LogP) is 1.59. The Bertz CT molecular complexity index is 546. The molecular weight excluding hydrogens is 282 g/mol. The number of non-ortho nitro benzene ring substituents is 1. The van der Waals surface area contributed by atoms with Gasteiger partial charge in [0.1, 0.15) is 5.75 Å². The van der Waals surface area contributed by atoms with Gasteiger partial charge in [-0.3, -0.25) is 14.9 Å². The first-order valence-corrected chi connectivity index (χ1v) is 6.03. The number of carboxylic acid groups (broad SMARTS) is 1. The number of benzene rings is 1. The number of carboxylic acids is 1. The molecular formula is C12H15N3O6. The van der Waals surface area contributed by atoms with E-state index in [9.17, 15) is 19.7 Å². The minimum absolute atomic E-state index is 0.0405. The summed E-state index contributed by atoms with van der Waals surface area (Å²) >= 11 is 0. The zero-order valence-corrected chi connectivity index (χ0v) is 11.3. The van der Waals surface area contributed by atoms with Gasteiger partial charge in [0.25, 0.3) is 5.69 Å². The Morgan fingerprint density at radius 3 is 2.71 bits per heavy atom. The number of nitro benzene ring substituents is 1. The van der Waals surface area contributed by atoms with Crippen LogP contribution < -0.4 is 15.4 Å². The fourth-order valence-electron chi connectivity index (χ4n) is 1.50. The number of nitro groups is 1. The van der Waals surface area contributed by atoms with Gasteiger partial charge >= 0.3 is 12.0 Å². The number of carbonyl (C=O) groups excluding carboxylic acids is 1. The van der Waals surface area contributed by atoms with E-state index in [1.165, 1.54) is 25.3 Å². The number of nitrogens with one attached hydrogen (secondary N) is 2. The molecule has 0 aromatic heterocycles. The van der Waals surface area contributed by atoms with Gasteiger partial charge in [-0.2, -0.15) is 0 Å². The number of methoxy groups -OCH3 is 1. The molecule has 1 aromatic carbocycles. The first-order valence-electron chi connectivity index (χ1n) is 6.03. The molecule has 0 saturated carbocycles. The van der Waals surface area contributed by atoms with Gasteiger partial charge in [0.15, 0.2) is 0 Å². The van der Waals surface area contributed by atoms with Gasteiger partial charge in [0, 0.05) is 19.0 Å². The molecule has 0 bridgehead atoms. The number of hydrogen-bond donors (Lipinski definition) is 3. The highest BCUT2D eigenvalue weighted by Gasteiger charge is 2.13. The number of nitrogens with zero attached hydrogens (tertiary/aromatic N) is 1. The van der Waals surface area contributed by atoms with E-state index in [4.69, 9.17) is 9.84 Å². The first kappa shape index (κ1) is 16.2. The second kappa shape index (κ2) is 7.68. The normalized spacial score (nSPS) is 9.76. The van der Waals surface area contributed by atoms with Crippen LogP contribution in [0.5, 0.6) is 5.75 Å². The van der Waals surface area contributed by atoms with Crippen molar-refractivity contribution in [3.63, 3.8) is 0 Å². The molecule has 0 aliphatic carbocycles. The van der Waals surface area contributed by atoms with Crippen LogP contribution in [0.2, 0.25) is 0 Å². The summed E-state index contributed by atoms with van der Waals surface area (Å²) in [5, 5.41) is 24.0. The minimum atomic E-state index is -0.936. The van der Waals surface area contributed by atoms with Crippen LogP contribution in [0.4, 0.5) is 16.2 Å². The topological polar surface area (TPSA) is 131 Å². The van der Waals surface area contributed by atoms with Crippen LogP contribution in [0.1, 0.15) is 12.8 Å². The Kier molecular flexibility index (Phi) is 5.93. The maximum atomic E-state index is 11.6. The Morgan fingerprint density at radius 1 is 1.43 bits per heavy atom. The number of amides is 2. The Balaban J connectivity index is 2.59. The highest BCUT2D eigenvalue weighted by Crippen LogP contribution is 2.28. The van der Waals surface area contributed by atoms with Gasteiger partial charge in [-0.15, -0.1) is 0 Å². The zero-order chi connectivity index (χ0) is 15.8. The van der Waals surface area contributed by atoms with Crippen LogP contribution in [0.3, 0.4) is 0 Å². The van der Waals surface area contributed by atoms with Crippen molar-refractivity contribution < 1.29 is 24.4 Å². The van der Waals surface area contributed by atoms with Crippen LogP contribution in [0.25, 0.3) is 0 Å². The lowest BCUT2D eigenvalue weighted by molar-refractivity contribution is -0.384. The van der Waals surface area contributed by atoms with Crippen molar-refractivity contribution in [2.24, 2.45) is 0 Å². The van der Waals surface area contributed by atoms with Crippen LogP contribution in [-0.2, 0) is 4.79 Å². The fraction of sp³-hybridized carbons (Fsp3) is 0.333. The molecule has 2 amide bonds. The van der Waals surface area contributed by atoms with E-state index < -0.39 is 16.9 Å². The first-order chi connectivity index (χ1) is 9.93. The molecule has 1 rings (SSSR count). The van der Waals surface area contributed by atoms with Gasteiger partial charge in [0.05, 0.1) is 23.8 Å². The van der Waals surface area contributed by atoms with E-state index in [1.807, 2.05) is 0 Å². The molecule has 3 N–H and O–H groups in total. The van der Waals surface area contributed by atoms with E-state index in [-0.39, 0.29) is 30.1 Å². The maximum Gasteiger partial charge on any atom is 0.319 e. The third kappa shape index (κ3) is 5.35. The van der Waals surface area contributed by atoms with Gasteiger partial charge in [0.2, 0.25) is 0 Å². The van der Waals surface area contributed by atoms with Crippen LogP contribution in [0.15, 0.2) is 18.2 Å². The van der Waals surface area contributed by atoms with Crippen molar-refractivity contribution in [3.05, 3.63) is 28.3 Å². The SMILES string of the molecule is COc1cc([N+](=O)[O-])ccc1NC(=O)NCCCC(=O)O. The number of hydrogen-bond acceptors (Lipinski definition) is 5. The molecule has 0 unspecified atom stereocenters. The van der Waals surface area contributed by atoms with Crippen molar-refractivity contribution >= 4 is 23.4 Å². The maximum absolute atomic E-state index is 11.6. The second-order valence-electron chi connectivity index (χ2n) is 4.02. The highest BCUT2D eigenvalue weighted by atomic mass is 16.6. The number of aliphatic carboxylic acids is 1. The summed E-state index contributed by atoms with van der Waals surface area (Å²) in [7, 11) is 1.33. The molecule has 0 spiro atoms. The number of anilines is 1. The molecule has 0 aliphatic heterocycles. The third-order valence-electron chi connectivity index (χ3n) is 2.50. The molecule has 9 heteroatoms. The molecule has 0 heterocycles. The van der Waals surface area contributed by atoms with Crippen LogP contribution in [-0.4, -0.2) is 35.7 Å². The Morgan fingerprint density at radius 2 is 2.14 bits per heavy atom. The smallest absolute Gasteiger partial charge is 0.319 e. The predicted molar refractivity (Wildman–Crippen MR) is 73.5 cm³/mol. The van der Waals surface area contributed by atoms with E-state index in [2.05, 4.69) is 10.6 Å². The standard InChI is InChI=1S/C12H15N3O6/c1-21-10-7-8(15(19)20)4-5-9(10)14-12(18)13-6-2-3-11(16)17/h4-5,7H,2-3,6H2,1H3,(H,16,17)(H2,13,14,18). The zero-order valence-electron chi connectivity index (χ0n) is 11.3. The molecule has 1 aromatic rings. The Labute approximate surface area is 120 Å². The lowest BCUT2D eigenvalue weighted by Crippen LogP contribution is -2.29. The van der Waals surface area contributed by atoms with Gasteiger partial charge < -0.3 is 20.5 Å². The van der Waals surface area contributed by atoms with Crippen LogP contribution in [0, 0.1) is 10.1 Å². The lowest BCUT2D eigenvalue weighted by atomic mass is 10.2. The number of urea groups is 1. The summed E-state index contributed by atoms with van der Waals surface area (Å²) in [4.78, 5) is 32.0. The summed E-state index contributed by atoms with van der Waals surface area (Å²) in [6, 6.07) is 3.24. The number of carbonyl (C=O) groups is 2. The highest BCUT2D eigenvalue weighted by molar-refractivity contribution is 5.91. The lowest BCUT2D eigenvalue weighted by Gasteiger charge is -2.10. The van der Waals surface area contributed by atoms with Gasteiger partial charge in [-0.25, -0.2) is 4.79 Å². The van der Waals surface area contributed by atoms with Crippen molar-refractivity contribution in [1.29, 1.82) is 0 Å². The summed E-state index contributed by atoms with van der Waals surface area (Å²) in [5.74, 6) is -0.779. The summed E-state index contributed by atoms with van der Waals surface area (Å²) in [5.41, 5.74) is 0.123.